The van der Waals surface area contributed by atoms with Crippen LogP contribution < -0.4 is 5.32 Å². The van der Waals surface area contributed by atoms with Crippen molar-refractivity contribution in [2.45, 2.75) is 44.7 Å². The van der Waals surface area contributed by atoms with E-state index in [0.29, 0.717) is 17.7 Å². The van der Waals surface area contributed by atoms with Crippen molar-refractivity contribution >= 4 is 10.0 Å². The van der Waals surface area contributed by atoms with Crippen LogP contribution in [0.2, 0.25) is 0 Å². The van der Waals surface area contributed by atoms with Crippen LogP contribution in [0.3, 0.4) is 0 Å². The first-order chi connectivity index (χ1) is 7.53. The third kappa shape index (κ3) is 2.41. The molecule has 1 aliphatic carbocycles. The van der Waals surface area contributed by atoms with E-state index in [1.807, 2.05) is 14.0 Å². The van der Waals surface area contributed by atoms with E-state index in [-0.39, 0.29) is 6.04 Å². The Morgan fingerprint density at radius 3 is 2.25 bits per heavy atom. The Morgan fingerprint density at radius 1 is 1.19 bits per heavy atom. The highest BCUT2D eigenvalue weighted by atomic mass is 32.2. The standard InChI is InChI=1S/C11H22N2O2S/c1-9-7-13(16(14,15)8-9)11-5-3-10(12-2)4-6-11/h9-12H,3-8H2,1-2H3. The van der Waals surface area contributed by atoms with E-state index in [4.69, 9.17) is 0 Å². The monoisotopic (exact) mass is 246 g/mol. The van der Waals surface area contributed by atoms with Crippen LogP contribution in [0.1, 0.15) is 32.6 Å². The maximum atomic E-state index is 11.9. The predicted octanol–water partition coefficient (Wildman–Crippen LogP) is 0.798. The van der Waals surface area contributed by atoms with E-state index in [1.54, 1.807) is 4.31 Å². The van der Waals surface area contributed by atoms with Crippen LogP contribution in [0.5, 0.6) is 0 Å². The van der Waals surface area contributed by atoms with Gasteiger partial charge >= 0.3 is 0 Å². The van der Waals surface area contributed by atoms with E-state index in [1.165, 1.54) is 0 Å². The molecule has 94 valence electrons. The van der Waals surface area contributed by atoms with Crippen LogP contribution in [0.15, 0.2) is 0 Å². The first kappa shape index (κ1) is 12.3. The fraction of sp³-hybridized carbons (Fsp3) is 1.00. The van der Waals surface area contributed by atoms with Gasteiger partial charge in [-0.1, -0.05) is 6.92 Å². The van der Waals surface area contributed by atoms with Crippen LogP contribution >= 0.6 is 0 Å². The first-order valence-electron chi connectivity index (χ1n) is 6.19. The molecule has 2 aliphatic rings. The Hall–Kier alpha value is -0.130. The second kappa shape index (κ2) is 4.63. The van der Waals surface area contributed by atoms with Crippen LogP contribution in [0.25, 0.3) is 0 Å². The zero-order valence-electron chi connectivity index (χ0n) is 10.1. The van der Waals surface area contributed by atoms with Gasteiger partial charge in [0.05, 0.1) is 5.75 Å². The summed E-state index contributed by atoms with van der Waals surface area (Å²) in [7, 11) is -0.961. The summed E-state index contributed by atoms with van der Waals surface area (Å²) in [5, 5.41) is 3.28. The minimum Gasteiger partial charge on any atom is -0.317 e. The summed E-state index contributed by atoms with van der Waals surface area (Å²) in [6, 6.07) is 0.846. The fourth-order valence-corrected chi connectivity index (χ4v) is 5.12. The zero-order chi connectivity index (χ0) is 11.8. The molecule has 0 aromatic heterocycles. The maximum absolute atomic E-state index is 11.9. The van der Waals surface area contributed by atoms with Gasteiger partial charge in [-0.05, 0) is 38.6 Å². The lowest BCUT2D eigenvalue weighted by molar-refractivity contribution is 0.231. The van der Waals surface area contributed by atoms with Crippen molar-refractivity contribution in [3.63, 3.8) is 0 Å². The van der Waals surface area contributed by atoms with Crippen LogP contribution in [-0.4, -0.2) is 44.2 Å². The molecule has 1 unspecified atom stereocenters. The first-order valence-corrected chi connectivity index (χ1v) is 7.80. The molecule has 0 radical (unpaired) electrons. The second-order valence-corrected chi connectivity index (χ2v) is 7.21. The van der Waals surface area contributed by atoms with Crippen molar-refractivity contribution in [1.82, 2.24) is 9.62 Å². The van der Waals surface area contributed by atoms with E-state index < -0.39 is 10.0 Å². The topological polar surface area (TPSA) is 49.4 Å². The number of hydrogen-bond donors (Lipinski definition) is 1. The third-order valence-corrected chi connectivity index (χ3v) is 6.01. The molecule has 0 spiro atoms. The van der Waals surface area contributed by atoms with Gasteiger partial charge in [-0.15, -0.1) is 0 Å². The van der Waals surface area contributed by atoms with Crippen molar-refractivity contribution in [2.24, 2.45) is 5.92 Å². The lowest BCUT2D eigenvalue weighted by Crippen LogP contribution is -2.42. The minimum atomic E-state index is -2.95. The molecule has 0 aromatic rings. The van der Waals surface area contributed by atoms with E-state index >= 15 is 0 Å². The highest BCUT2D eigenvalue weighted by Gasteiger charge is 2.39. The summed E-state index contributed by atoms with van der Waals surface area (Å²) in [6.45, 7) is 2.76. The molecule has 1 saturated heterocycles. The number of rotatable bonds is 2. The van der Waals surface area contributed by atoms with Gasteiger partial charge in [0.1, 0.15) is 0 Å². The molecule has 16 heavy (non-hydrogen) atoms. The minimum absolute atomic E-state index is 0.263. The average Bonchev–Trinajstić information content (AvgIpc) is 2.52. The van der Waals surface area contributed by atoms with Gasteiger partial charge in [0.25, 0.3) is 0 Å². The quantitative estimate of drug-likeness (QED) is 0.784. The van der Waals surface area contributed by atoms with Crippen molar-refractivity contribution in [3.05, 3.63) is 0 Å². The largest absolute Gasteiger partial charge is 0.317 e. The fourth-order valence-electron chi connectivity index (χ4n) is 2.96. The van der Waals surface area contributed by atoms with Crippen molar-refractivity contribution in [2.75, 3.05) is 19.3 Å². The Bertz CT molecular complexity index is 334. The molecule has 5 heteroatoms. The number of hydrogen-bond acceptors (Lipinski definition) is 3. The maximum Gasteiger partial charge on any atom is 0.214 e. The number of sulfonamides is 1. The molecule has 1 heterocycles. The summed E-state index contributed by atoms with van der Waals surface area (Å²) in [4.78, 5) is 0. The lowest BCUT2D eigenvalue weighted by atomic mass is 9.91. The molecule has 2 rings (SSSR count). The summed E-state index contributed by atoms with van der Waals surface area (Å²) in [5.41, 5.74) is 0. The lowest BCUT2D eigenvalue weighted by Gasteiger charge is -2.33. The SMILES string of the molecule is CNC1CCC(N2CC(C)CS2(=O)=O)CC1. The Labute approximate surface area is 98.4 Å². The second-order valence-electron chi connectivity index (χ2n) is 5.25. The zero-order valence-corrected chi connectivity index (χ0v) is 11.0. The van der Waals surface area contributed by atoms with Crippen LogP contribution in [-0.2, 0) is 10.0 Å². The highest BCUT2D eigenvalue weighted by molar-refractivity contribution is 7.89. The van der Waals surface area contributed by atoms with Gasteiger partial charge in [0.15, 0.2) is 0 Å². The van der Waals surface area contributed by atoms with E-state index in [0.717, 1.165) is 32.2 Å². The number of nitrogens with one attached hydrogen (secondary N) is 1. The summed E-state index contributed by atoms with van der Waals surface area (Å²) < 4.78 is 25.6. The Morgan fingerprint density at radius 2 is 1.81 bits per heavy atom. The molecule has 2 fully saturated rings. The molecule has 1 aliphatic heterocycles. The van der Waals surface area contributed by atoms with Gasteiger partial charge in [-0.2, -0.15) is 4.31 Å². The molecular formula is C11H22N2O2S. The molecule has 4 nitrogen and oxygen atoms in total. The summed E-state index contributed by atoms with van der Waals surface area (Å²) in [6.07, 6.45) is 4.22. The molecule has 0 bridgehead atoms. The van der Waals surface area contributed by atoms with Crippen LogP contribution in [0, 0.1) is 5.92 Å². The van der Waals surface area contributed by atoms with E-state index in [2.05, 4.69) is 5.32 Å². The number of nitrogens with zero attached hydrogens (tertiary/aromatic N) is 1. The summed E-state index contributed by atoms with van der Waals surface area (Å²) >= 11 is 0. The van der Waals surface area contributed by atoms with Gasteiger partial charge in [0.2, 0.25) is 10.0 Å². The molecular weight excluding hydrogens is 224 g/mol. The predicted molar refractivity (Wildman–Crippen MR) is 64.8 cm³/mol. The summed E-state index contributed by atoms with van der Waals surface area (Å²) in [5.74, 6) is 0.644. The third-order valence-electron chi connectivity index (χ3n) is 3.86. The van der Waals surface area contributed by atoms with Gasteiger partial charge < -0.3 is 5.32 Å². The van der Waals surface area contributed by atoms with Gasteiger partial charge in [0, 0.05) is 18.6 Å². The molecule has 0 amide bonds. The normalized spacial score (nSPS) is 40.0. The van der Waals surface area contributed by atoms with E-state index in [9.17, 15) is 8.42 Å². The Balaban J connectivity index is 1.99. The highest BCUT2D eigenvalue weighted by Crippen LogP contribution is 2.30. The molecule has 1 N–H and O–H groups in total. The smallest absolute Gasteiger partial charge is 0.214 e. The van der Waals surface area contributed by atoms with Gasteiger partial charge in [-0.3, -0.25) is 0 Å². The molecule has 1 saturated carbocycles. The van der Waals surface area contributed by atoms with Crippen LogP contribution in [0.4, 0.5) is 0 Å². The Kier molecular flexibility index (Phi) is 3.56. The van der Waals surface area contributed by atoms with Crippen molar-refractivity contribution in [1.29, 1.82) is 0 Å². The van der Waals surface area contributed by atoms with Crippen molar-refractivity contribution in [3.8, 4) is 0 Å². The average molecular weight is 246 g/mol. The molecule has 1 atom stereocenters. The van der Waals surface area contributed by atoms with Gasteiger partial charge in [-0.25, -0.2) is 8.42 Å². The van der Waals surface area contributed by atoms with Crippen molar-refractivity contribution < 1.29 is 8.42 Å². The molecule has 0 aromatic carbocycles.